The van der Waals surface area contributed by atoms with Gasteiger partial charge in [0.2, 0.25) is 5.91 Å². The second-order valence-electron chi connectivity index (χ2n) is 7.00. The van der Waals surface area contributed by atoms with E-state index in [0.717, 1.165) is 11.5 Å². The Kier molecular flexibility index (Phi) is 8.52. The van der Waals surface area contributed by atoms with Crippen LogP contribution >= 0.6 is 35.1 Å². The van der Waals surface area contributed by atoms with Crippen LogP contribution < -0.4 is 5.32 Å². The van der Waals surface area contributed by atoms with Crippen LogP contribution in [0.4, 0.5) is 14.5 Å². The smallest absolute Gasteiger partial charge is 0.288 e. The van der Waals surface area contributed by atoms with Crippen LogP contribution in [0.25, 0.3) is 5.69 Å². The Hall–Kier alpha value is -2.14. The standard InChI is InChI=1S/C21H22ClF2N5OS2/c1-13(28(2)3)19-26-27-21(29(19)15-10-8-14(22)9-11-15)31-12-18(30)25-16-6-4-5-7-17(16)32-20(23)24/h4-11,13,20H,12H2,1-3H3,(H,25,30). The van der Waals surface area contributed by atoms with E-state index in [0.29, 0.717) is 32.5 Å². The van der Waals surface area contributed by atoms with Crippen molar-refractivity contribution in [3.8, 4) is 5.69 Å². The van der Waals surface area contributed by atoms with E-state index >= 15 is 0 Å². The summed E-state index contributed by atoms with van der Waals surface area (Å²) in [5, 5.41) is 12.5. The van der Waals surface area contributed by atoms with Gasteiger partial charge in [0.25, 0.3) is 5.76 Å². The van der Waals surface area contributed by atoms with E-state index in [9.17, 15) is 13.6 Å². The van der Waals surface area contributed by atoms with Gasteiger partial charge in [-0.25, -0.2) is 0 Å². The first-order valence-electron chi connectivity index (χ1n) is 9.60. The highest BCUT2D eigenvalue weighted by atomic mass is 35.5. The number of rotatable bonds is 9. The third-order valence-corrected chi connectivity index (χ3v) is 6.57. The molecule has 1 aromatic heterocycles. The van der Waals surface area contributed by atoms with Crippen molar-refractivity contribution in [3.05, 3.63) is 59.4 Å². The third-order valence-electron chi connectivity index (χ3n) is 4.60. The van der Waals surface area contributed by atoms with Gasteiger partial charge in [-0.15, -0.1) is 10.2 Å². The number of para-hydroxylation sites is 1. The molecule has 1 atom stereocenters. The zero-order chi connectivity index (χ0) is 23.3. The molecule has 0 radical (unpaired) electrons. The number of benzene rings is 2. The zero-order valence-corrected chi connectivity index (χ0v) is 20.0. The molecule has 0 saturated carbocycles. The van der Waals surface area contributed by atoms with E-state index in [2.05, 4.69) is 15.5 Å². The summed E-state index contributed by atoms with van der Waals surface area (Å²) in [7, 11) is 3.89. The Balaban J connectivity index is 1.79. The predicted molar refractivity (Wildman–Crippen MR) is 126 cm³/mol. The lowest BCUT2D eigenvalue weighted by Crippen LogP contribution is -2.21. The van der Waals surface area contributed by atoms with E-state index in [1.807, 2.05) is 42.6 Å². The fourth-order valence-electron chi connectivity index (χ4n) is 2.79. The van der Waals surface area contributed by atoms with Crippen LogP contribution in [-0.2, 0) is 4.79 Å². The van der Waals surface area contributed by atoms with Crippen molar-refractivity contribution in [2.75, 3.05) is 25.2 Å². The summed E-state index contributed by atoms with van der Waals surface area (Å²) < 4.78 is 27.4. The molecule has 1 unspecified atom stereocenters. The quantitative estimate of drug-likeness (QED) is 0.389. The summed E-state index contributed by atoms with van der Waals surface area (Å²) in [5.74, 6) is -2.14. The lowest BCUT2D eigenvalue weighted by molar-refractivity contribution is -0.113. The number of carbonyl (C=O) groups is 1. The molecule has 0 bridgehead atoms. The Morgan fingerprint density at radius 3 is 2.50 bits per heavy atom. The number of hydrogen-bond acceptors (Lipinski definition) is 6. The summed E-state index contributed by atoms with van der Waals surface area (Å²) in [6, 6.07) is 13.7. The second-order valence-corrected chi connectivity index (χ2v) is 9.41. The van der Waals surface area contributed by atoms with Crippen molar-refractivity contribution in [2.24, 2.45) is 0 Å². The number of carbonyl (C=O) groups excluding carboxylic acids is 1. The first kappa shape index (κ1) is 24.5. The first-order chi connectivity index (χ1) is 15.3. The normalized spacial score (nSPS) is 12.4. The summed E-state index contributed by atoms with van der Waals surface area (Å²) in [4.78, 5) is 14.9. The molecule has 3 rings (SSSR count). The lowest BCUT2D eigenvalue weighted by atomic mass is 10.2. The molecular formula is C21H22ClF2N5OS2. The van der Waals surface area contributed by atoms with Crippen molar-refractivity contribution in [2.45, 2.75) is 28.8 Å². The maximum absolute atomic E-state index is 12.8. The number of hydrogen-bond donors (Lipinski definition) is 1. The predicted octanol–water partition coefficient (Wildman–Crippen LogP) is 5.59. The third kappa shape index (κ3) is 6.22. The molecule has 0 saturated heterocycles. The number of aromatic nitrogens is 3. The summed E-state index contributed by atoms with van der Waals surface area (Å²) >= 11 is 7.64. The van der Waals surface area contributed by atoms with Crippen LogP contribution in [-0.4, -0.2) is 51.2 Å². The van der Waals surface area contributed by atoms with Crippen molar-refractivity contribution < 1.29 is 13.6 Å². The minimum atomic E-state index is -2.57. The molecular weight excluding hydrogens is 476 g/mol. The molecule has 0 aliphatic rings. The molecule has 1 N–H and O–H groups in total. The number of amides is 1. The molecule has 0 fully saturated rings. The van der Waals surface area contributed by atoms with Crippen LogP contribution in [0.1, 0.15) is 18.8 Å². The fraction of sp³-hybridized carbons (Fsp3) is 0.286. The Labute approximate surface area is 198 Å². The van der Waals surface area contributed by atoms with Crippen molar-refractivity contribution in [1.82, 2.24) is 19.7 Å². The van der Waals surface area contributed by atoms with Gasteiger partial charge in [-0.1, -0.05) is 47.3 Å². The van der Waals surface area contributed by atoms with Gasteiger partial charge in [-0.3, -0.25) is 14.3 Å². The Morgan fingerprint density at radius 2 is 1.84 bits per heavy atom. The second kappa shape index (κ2) is 11.1. The summed E-state index contributed by atoms with van der Waals surface area (Å²) in [6.07, 6.45) is 0. The minimum absolute atomic E-state index is 0.0281. The van der Waals surface area contributed by atoms with Gasteiger partial charge in [0.05, 0.1) is 17.5 Å². The van der Waals surface area contributed by atoms with Crippen LogP contribution in [0.2, 0.25) is 5.02 Å². The van der Waals surface area contributed by atoms with Crippen molar-refractivity contribution in [3.63, 3.8) is 0 Å². The molecule has 3 aromatic rings. The summed E-state index contributed by atoms with van der Waals surface area (Å²) in [5.41, 5.74) is 1.18. The SMILES string of the molecule is CC(c1nnc(SCC(=O)Nc2ccccc2SC(F)F)n1-c1ccc(Cl)cc1)N(C)C. The molecule has 2 aromatic carbocycles. The monoisotopic (exact) mass is 497 g/mol. The van der Waals surface area contributed by atoms with Crippen molar-refractivity contribution >= 4 is 46.7 Å². The molecule has 1 amide bonds. The van der Waals surface area contributed by atoms with Gasteiger partial charge in [0.15, 0.2) is 11.0 Å². The number of thioether (sulfide) groups is 2. The molecule has 0 spiro atoms. The van der Waals surface area contributed by atoms with Crippen LogP contribution in [0.5, 0.6) is 0 Å². The van der Waals surface area contributed by atoms with Gasteiger partial charge in [0, 0.05) is 15.6 Å². The maximum atomic E-state index is 12.8. The highest BCUT2D eigenvalue weighted by molar-refractivity contribution is 8.00. The van der Waals surface area contributed by atoms with Crippen LogP contribution in [0, 0.1) is 0 Å². The van der Waals surface area contributed by atoms with Gasteiger partial charge in [-0.05, 0) is 57.4 Å². The number of halogens is 3. The Bertz CT molecular complexity index is 1060. The molecule has 0 aliphatic heterocycles. The van der Waals surface area contributed by atoms with E-state index in [4.69, 9.17) is 11.6 Å². The van der Waals surface area contributed by atoms with Crippen LogP contribution in [0.3, 0.4) is 0 Å². The van der Waals surface area contributed by atoms with Gasteiger partial charge in [0.1, 0.15) is 0 Å². The maximum Gasteiger partial charge on any atom is 0.288 e. The molecule has 6 nitrogen and oxygen atoms in total. The largest absolute Gasteiger partial charge is 0.324 e. The highest BCUT2D eigenvalue weighted by Crippen LogP contribution is 2.32. The van der Waals surface area contributed by atoms with E-state index in [1.165, 1.54) is 11.8 Å². The average Bonchev–Trinajstić information content (AvgIpc) is 3.17. The topological polar surface area (TPSA) is 63.1 Å². The summed E-state index contributed by atoms with van der Waals surface area (Å²) in [6.45, 7) is 2.01. The molecule has 170 valence electrons. The minimum Gasteiger partial charge on any atom is -0.324 e. The fourth-order valence-corrected chi connectivity index (χ4v) is 4.27. The number of alkyl halides is 2. The number of anilines is 1. The number of nitrogens with zero attached hydrogens (tertiary/aromatic N) is 4. The van der Waals surface area contributed by atoms with E-state index in [-0.39, 0.29) is 17.7 Å². The Morgan fingerprint density at radius 1 is 1.16 bits per heavy atom. The zero-order valence-electron chi connectivity index (χ0n) is 17.6. The van der Waals surface area contributed by atoms with Gasteiger partial charge in [-0.2, -0.15) is 8.78 Å². The highest BCUT2D eigenvalue weighted by Gasteiger charge is 2.22. The van der Waals surface area contributed by atoms with E-state index in [1.54, 1.807) is 36.4 Å². The molecule has 11 heteroatoms. The van der Waals surface area contributed by atoms with Crippen LogP contribution in [0.15, 0.2) is 58.6 Å². The van der Waals surface area contributed by atoms with Gasteiger partial charge >= 0.3 is 0 Å². The first-order valence-corrected chi connectivity index (χ1v) is 11.8. The molecule has 1 heterocycles. The molecule has 0 aliphatic carbocycles. The van der Waals surface area contributed by atoms with Crippen molar-refractivity contribution in [1.29, 1.82) is 0 Å². The van der Waals surface area contributed by atoms with E-state index < -0.39 is 5.76 Å². The van der Waals surface area contributed by atoms with Gasteiger partial charge < -0.3 is 5.32 Å². The number of nitrogens with one attached hydrogen (secondary N) is 1. The average molecular weight is 498 g/mol. The molecule has 32 heavy (non-hydrogen) atoms. The lowest BCUT2D eigenvalue weighted by Gasteiger charge is -2.20.